The Labute approximate surface area is 126 Å². The first-order chi connectivity index (χ1) is 9.04. The van der Waals surface area contributed by atoms with Crippen LogP contribution >= 0.6 is 27.7 Å². The van der Waals surface area contributed by atoms with Crippen molar-refractivity contribution in [3.05, 3.63) is 28.7 Å². The SMILES string of the molecule is CC(Sc1ccc(Br)cc1)C(=O)NCC1(CO)CC1. The zero-order valence-corrected chi connectivity index (χ0v) is 13.3. The van der Waals surface area contributed by atoms with Gasteiger partial charge in [-0.15, -0.1) is 11.8 Å². The van der Waals surface area contributed by atoms with E-state index in [4.69, 9.17) is 0 Å². The molecule has 0 bridgehead atoms. The van der Waals surface area contributed by atoms with Crippen LogP contribution in [0.1, 0.15) is 19.8 Å². The number of carbonyl (C=O) groups excluding carboxylic acids is 1. The smallest absolute Gasteiger partial charge is 0.233 e. The third-order valence-electron chi connectivity index (χ3n) is 3.43. The predicted octanol–water partition coefficient (Wildman–Crippen LogP) is 2.82. The van der Waals surface area contributed by atoms with Crippen LogP contribution < -0.4 is 5.32 Å². The monoisotopic (exact) mass is 343 g/mol. The van der Waals surface area contributed by atoms with Crippen molar-refractivity contribution in [3.8, 4) is 0 Å². The van der Waals surface area contributed by atoms with Crippen molar-refractivity contribution < 1.29 is 9.90 Å². The fourth-order valence-corrected chi connectivity index (χ4v) is 2.91. The summed E-state index contributed by atoms with van der Waals surface area (Å²) >= 11 is 4.93. The van der Waals surface area contributed by atoms with Gasteiger partial charge in [0.05, 0.1) is 11.9 Å². The van der Waals surface area contributed by atoms with Crippen LogP contribution in [0.5, 0.6) is 0 Å². The number of hydrogen-bond acceptors (Lipinski definition) is 3. The van der Waals surface area contributed by atoms with E-state index in [1.54, 1.807) is 11.8 Å². The minimum Gasteiger partial charge on any atom is -0.396 e. The van der Waals surface area contributed by atoms with Crippen molar-refractivity contribution in [2.24, 2.45) is 5.41 Å². The van der Waals surface area contributed by atoms with Crippen molar-refractivity contribution in [1.29, 1.82) is 0 Å². The Bertz CT molecular complexity index is 445. The first kappa shape index (κ1) is 14.9. The molecule has 0 aromatic heterocycles. The first-order valence-electron chi connectivity index (χ1n) is 6.35. The van der Waals surface area contributed by atoms with Crippen LogP contribution in [0.25, 0.3) is 0 Å². The summed E-state index contributed by atoms with van der Waals surface area (Å²) in [5, 5.41) is 12.0. The lowest BCUT2D eigenvalue weighted by Crippen LogP contribution is -2.36. The Balaban J connectivity index is 1.80. The van der Waals surface area contributed by atoms with Gasteiger partial charge in [0, 0.05) is 21.3 Å². The molecule has 1 aromatic rings. The van der Waals surface area contributed by atoms with Gasteiger partial charge < -0.3 is 10.4 Å². The minimum absolute atomic E-state index is 0.0301. The highest BCUT2D eigenvalue weighted by atomic mass is 79.9. The van der Waals surface area contributed by atoms with Crippen LogP contribution in [0.4, 0.5) is 0 Å². The van der Waals surface area contributed by atoms with Gasteiger partial charge in [0.25, 0.3) is 0 Å². The van der Waals surface area contributed by atoms with Crippen LogP contribution in [0.3, 0.4) is 0 Å². The number of nitrogens with one attached hydrogen (secondary N) is 1. The number of aliphatic hydroxyl groups is 1. The van der Waals surface area contributed by atoms with E-state index in [0.717, 1.165) is 22.2 Å². The average molecular weight is 344 g/mol. The van der Waals surface area contributed by atoms with Crippen molar-refractivity contribution in [2.45, 2.75) is 29.9 Å². The van der Waals surface area contributed by atoms with Gasteiger partial charge in [0.1, 0.15) is 0 Å². The second kappa shape index (κ2) is 6.29. The van der Waals surface area contributed by atoms with E-state index in [2.05, 4.69) is 21.2 Å². The molecule has 1 unspecified atom stereocenters. The van der Waals surface area contributed by atoms with Gasteiger partial charge in [-0.05, 0) is 44.0 Å². The van der Waals surface area contributed by atoms with E-state index < -0.39 is 0 Å². The highest BCUT2D eigenvalue weighted by Crippen LogP contribution is 2.44. The Hall–Kier alpha value is -0.520. The van der Waals surface area contributed by atoms with Crippen LogP contribution in [0.2, 0.25) is 0 Å². The summed E-state index contributed by atoms with van der Waals surface area (Å²) in [6, 6.07) is 7.93. The van der Waals surface area contributed by atoms with Crippen molar-refractivity contribution in [1.82, 2.24) is 5.32 Å². The molecule has 0 radical (unpaired) electrons. The lowest BCUT2D eigenvalue weighted by molar-refractivity contribution is -0.120. The van der Waals surface area contributed by atoms with Crippen molar-refractivity contribution >= 4 is 33.6 Å². The zero-order valence-electron chi connectivity index (χ0n) is 10.9. The van der Waals surface area contributed by atoms with E-state index in [1.165, 1.54) is 0 Å². The molecule has 0 saturated heterocycles. The van der Waals surface area contributed by atoms with E-state index in [9.17, 15) is 9.90 Å². The van der Waals surface area contributed by atoms with Gasteiger partial charge in [0.15, 0.2) is 0 Å². The summed E-state index contributed by atoms with van der Waals surface area (Å²) in [5.74, 6) is 0.0349. The third kappa shape index (κ3) is 4.23. The van der Waals surface area contributed by atoms with E-state index in [-0.39, 0.29) is 23.2 Å². The molecular formula is C14H18BrNO2S. The standard InChI is InChI=1S/C14H18BrNO2S/c1-10(19-12-4-2-11(15)3-5-12)13(18)16-8-14(9-17)6-7-14/h2-5,10,17H,6-9H2,1H3,(H,16,18). The number of halogens is 1. The molecule has 2 rings (SSSR count). The van der Waals surface area contributed by atoms with Crippen LogP contribution in [-0.4, -0.2) is 29.4 Å². The van der Waals surface area contributed by atoms with Crippen LogP contribution in [0.15, 0.2) is 33.6 Å². The highest BCUT2D eigenvalue weighted by molar-refractivity contribution is 9.10. The molecule has 1 fully saturated rings. The van der Waals surface area contributed by atoms with Crippen molar-refractivity contribution in [3.63, 3.8) is 0 Å². The lowest BCUT2D eigenvalue weighted by atomic mass is 10.1. The van der Waals surface area contributed by atoms with Gasteiger partial charge >= 0.3 is 0 Å². The molecule has 0 spiro atoms. The predicted molar refractivity (Wildman–Crippen MR) is 81.2 cm³/mol. The average Bonchev–Trinajstić information content (AvgIpc) is 3.19. The molecule has 3 nitrogen and oxygen atoms in total. The highest BCUT2D eigenvalue weighted by Gasteiger charge is 2.42. The van der Waals surface area contributed by atoms with Crippen LogP contribution in [-0.2, 0) is 4.79 Å². The largest absolute Gasteiger partial charge is 0.396 e. The van der Waals surface area contributed by atoms with E-state index >= 15 is 0 Å². The summed E-state index contributed by atoms with van der Waals surface area (Å²) < 4.78 is 1.03. The van der Waals surface area contributed by atoms with Crippen molar-refractivity contribution in [2.75, 3.05) is 13.2 Å². The molecule has 1 aliphatic carbocycles. The summed E-state index contributed by atoms with van der Waals surface area (Å²) in [7, 11) is 0. The molecule has 1 aliphatic rings. The third-order valence-corrected chi connectivity index (χ3v) is 5.07. The van der Waals surface area contributed by atoms with Gasteiger partial charge in [0.2, 0.25) is 5.91 Å². The summed E-state index contributed by atoms with van der Waals surface area (Å²) in [6.07, 6.45) is 2.02. The quantitative estimate of drug-likeness (QED) is 0.781. The fourth-order valence-electron chi connectivity index (χ4n) is 1.76. The van der Waals surface area contributed by atoms with Gasteiger partial charge in [-0.25, -0.2) is 0 Å². The Morgan fingerprint density at radius 1 is 1.47 bits per heavy atom. The molecule has 1 aromatic carbocycles. The number of rotatable bonds is 6. The molecule has 2 N–H and O–H groups in total. The number of aliphatic hydroxyl groups excluding tert-OH is 1. The second-order valence-electron chi connectivity index (χ2n) is 5.09. The number of amides is 1. The van der Waals surface area contributed by atoms with E-state index in [0.29, 0.717) is 6.54 Å². The van der Waals surface area contributed by atoms with Gasteiger partial charge in [-0.2, -0.15) is 0 Å². The number of hydrogen-bond donors (Lipinski definition) is 2. The second-order valence-corrected chi connectivity index (χ2v) is 7.42. The maximum absolute atomic E-state index is 12.0. The maximum Gasteiger partial charge on any atom is 0.233 e. The van der Waals surface area contributed by atoms with Crippen LogP contribution in [0, 0.1) is 5.41 Å². The number of benzene rings is 1. The lowest BCUT2D eigenvalue weighted by Gasteiger charge is -2.16. The Morgan fingerprint density at radius 3 is 2.63 bits per heavy atom. The van der Waals surface area contributed by atoms with E-state index in [1.807, 2.05) is 31.2 Å². The molecular weight excluding hydrogens is 326 g/mol. The molecule has 1 atom stereocenters. The topological polar surface area (TPSA) is 49.3 Å². The Kier molecular flexibility index (Phi) is 4.92. The first-order valence-corrected chi connectivity index (χ1v) is 8.03. The zero-order chi connectivity index (χ0) is 13.9. The molecule has 0 aliphatic heterocycles. The summed E-state index contributed by atoms with van der Waals surface area (Å²) in [6.45, 7) is 2.66. The fraction of sp³-hybridized carbons (Fsp3) is 0.500. The molecule has 104 valence electrons. The summed E-state index contributed by atoms with van der Waals surface area (Å²) in [4.78, 5) is 13.1. The number of carbonyl (C=O) groups is 1. The minimum atomic E-state index is -0.129. The number of thioether (sulfide) groups is 1. The maximum atomic E-state index is 12.0. The van der Waals surface area contributed by atoms with Gasteiger partial charge in [-0.3, -0.25) is 4.79 Å². The summed E-state index contributed by atoms with van der Waals surface area (Å²) in [5.41, 5.74) is -0.0301. The molecule has 5 heteroatoms. The normalized spacial score (nSPS) is 17.8. The molecule has 19 heavy (non-hydrogen) atoms. The molecule has 1 saturated carbocycles. The molecule has 0 heterocycles. The van der Waals surface area contributed by atoms with Gasteiger partial charge in [-0.1, -0.05) is 15.9 Å². The molecule has 1 amide bonds. The Morgan fingerprint density at radius 2 is 2.11 bits per heavy atom.